The van der Waals surface area contributed by atoms with Gasteiger partial charge in [-0.25, -0.2) is 18.2 Å². The lowest BCUT2D eigenvalue weighted by molar-refractivity contribution is 0.0595. The van der Waals surface area contributed by atoms with Gasteiger partial charge >= 0.3 is 5.97 Å². The van der Waals surface area contributed by atoms with E-state index in [1.165, 1.54) is 32.4 Å². The van der Waals surface area contributed by atoms with Crippen LogP contribution in [0.4, 0.5) is 0 Å². The van der Waals surface area contributed by atoms with Crippen molar-refractivity contribution in [3.63, 3.8) is 0 Å². The fourth-order valence-electron chi connectivity index (χ4n) is 1.16. The standard InChI is InChI=1S/C10H12ClNO4S/c1-7(6-11)17(14,15)9-8(10(13)16-2)4-3-5-12-9/h3-5,7H,6H2,1-2H3. The van der Waals surface area contributed by atoms with Crippen LogP contribution < -0.4 is 0 Å². The molecule has 0 radical (unpaired) electrons. The number of nitrogens with zero attached hydrogens (tertiary/aromatic N) is 1. The summed E-state index contributed by atoms with van der Waals surface area (Å²) in [7, 11) is -2.54. The number of ether oxygens (including phenoxy) is 1. The molecule has 0 fully saturated rings. The number of esters is 1. The Kier molecular flexibility index (Phi) is 4.47. The van der Waals surface area contributed by atoms with Crippen LogP contribution in [0.1, 0.15) is 17.3 Å². The van der Waals surface area contributed by atoms with Crippen LogP contribution in [0.15, 0.2) is 23.4 Å². The third-order valence-electron chi connectivity index (χ3n) is 2.19. The van der Waals surface area contributed by atoms with Crippen LogP contribution in [-0.2, 0) is 14.6 Å². The van der Waals surface area contributed by atoms with E-state index in [2.05, 4.69) is 9.72 Å². The molecule has 5 nitrogen and oxygen atoms in total. The summed E-state index contributed by atoms with van der Waals surface area (Å²) >= 11 is 5.53. The van der Waals surface area contributed by atoms with Gasteiger partial charge in [0.25, 0.3) is 0 Å². The predicted octanol–water partition coefficient (Wildman–Crippen LogP) is 1.27. The zero-order chi connectivity index (χ0) is 13.1. The summed E-state index contributed by atoms with van der Waals surface area (Å²) in [5, 5.41) is -1.11. The summed E-state index contributed by atoms with van der Waals surface area (Å²) in [5.41, 5.74) is -0.0769. The topological polar surface area (TPSA) is 73.3 Å². The first-order chi connectivity index (χ1) is 7.95. The maximum atomic E-state index is 12.0. The molecule has 0 N–H and O–H groups in total. The lowest BCUT2D eigenvalue weighted by atomic mass is 10.3. The smallest absolute Gasteiger partial charge is 0.340 e. The normalized spacial score (nSPS) is 13.1. The van der Waals surface area contributed by atoms with Crippen molar-refractivity contribution in [2.24, 2.45) is 0 Å². The Morgan fingerprint density at radius 1 is 1.59 bits per heavy atom. The number of hydrogen-bond donors (Lipinski definition) is 0. The number of alkyl halides is 1. The first kappa shape index (κ1) is 13.9. The summed E-state index contributed by atoms with van der Waals surface area (Å²) in [6.07, 6.45) is 1.31. The molecule has 0 amide bonds. The number of carbonyl (C=O) groups excluding carboxylic acids is 1. The number of hydrogen-bond acceptors (Lipinski definition) is 5. The second-order valence-corrected chi connectivity index (χ2v) is 5.95. The molecule has 0 spiro atoms. The quantitative estimate of drug-likeness (QED) is 0.612. The van der Waals surface area contributed by atoms with E-state index in [-0.39, 0.29) is 16.5 Å². The van der Waals surface area contributed by atoms with Crippen molar-refractivity contribution in [1.29, 1.82) is 0 Å². The van der Waals surface area contributed by atoms with E-state index in [0.29, 0.717) is 0 Å². The molecule has 1 aromatic heterocycles. The summed E-state index contributed by atoms with van der Waals surface area (Å²) in [6.45, 7) is 1.46. The molecule has 0 aliphatic heterocycles. The summed E-state index contributed by atoms with van der Waals surface area (Å²) in [5.74, 6) is -0.807. The van der Waals surface area contributed by atoms with Crippen molar-refractivity contribution in [2.75, 3.05) is 13.0 Å². The average molecular weight is 278 g/mol. The third-order valence-corrected chi connectivity index (χ3v) is 4.93. The van der Waals surface area contributed by atoms with Crippen molar-refractivity contribution < 1.29 is 17.9 Å². The number of pyridine rings is 1. The lowest BCUT2D eigenvalue weighted by Crippen LogP contribution is -2.23. The molecule has 7 heteroatoms. The number of rotatable bonds is 4. The summed E-state index contributed by atoms with van der Waals surface area (Å²) < 4.78 is 28.6. The minimum absolute atomic E-state index is 0.0699. The number of methoxy groups -OCH3 is 1. The minimum Gasteiger partial charge on any atom is -0.465 e. The molecule has 1 aromatic rings. The van der Waals surface area contributed by atoms with Crippen LogP contribution in [0.3, 0.4) is 0 Å². The van der Waals surface area contributed by atoms with Crippen molar-refractivity contribution in [1.82, 2.24) is 4.98 Å². The molecule has 0 saturated heterocycles. The minimum atomic E-state index is -3.72. The molecule has 1 rings (SSSR count). The lowest BCUT2D eigenvalue weighted by Gasteiger charge is -2.11. The Balaban J connectivity index is 3.37. The Morgan fingerprint density at radius 3 is 2.76 bits per heavy atom. The Hall–Kier alpha value is -1.14. The van der Waals surface area contributed by atoms with Crippen LogP contribution in [-0.4, -0.2) is 37.6 Å². The van der Waals surface area contributed by atoms with Crippen molar-refractivity contribution in [2.45, 2.75) is 17.2 Å². The second kappa shape index (κ2) is 5.46. The number of aromatic nitrogens is 1. The van der Waals surface area contributed by atoms with E-state index in [1.807, 2.05) is 0 Å². The third kappa shape index (κ3) is 2.76. The zero-order valence-corrected chi connectivity index (χ0v) is 11.0. The average Bonchev–Trinajstić information content (AvgIpc) is 2.36. The van der Waals surface area contributed by atoms with Crippen molar-refractivity contribution in [3.8, 4) is 0 Å². The first-order valence-corrected chi connectivity index (χ1v) is 6.86. The van der Waals surface area contributed by atoms with Gasteiger partial charge in [0, 0.05) is 12.1 Å². The molecule has 1 unspecified atom stereocenters. The van der Waals surface area contributed by atoms with Gasteiger partial charge in [0.2, 0.25) is 0 Å². The Bertz CT molecular complexity index is 515. The highest BCUT2D eigenvalue weighted by Crippen LogP contribution is 2.19. The van der Waals surface area contributed by atoms with E-state index in [1.54, 1.807) is 0 Å². The monoisotopic (exact) mass is 277 g/mol. The van der Waals surface area contributed by atoms with Gasteiger partial charge in [-0.05, 0) is 19.1 Å². The SMILES string of the molecule is COC(=O)c1cccnc1S(=O)(=O)C(C)CCl. The molecular weight excluding hydrogens is 266 g/mol. The van der Waals surface area contributed by atoms with E-state index >= 15 is 0 Å². The van der Waals surface area contributed by atoms with E-state index in [0.717, 1.165) is 0 Å². The molecule has 1 atom stereocenters. The highest BCUT2D eigenvalue weighted by atomic mass is 35.5. The van der Waals surface area contributed by atoms with Gasteiger partial charge in [-0.15, -0.1) is 11.6 Å². The van der Waals surface area contributed by atoms with Gasteiger partial charge in [-0.2, -0.15) is 0 Å². The van der Waals surface area contributed by atoms with Gasteiger partial charge in [0.05, 0.1) is 17.9 Å². The fourth-order valence-corrected chi connectivity index (χ4v) is 2.87. The van der Waals surface area contributed by atoms with E-state index in [9.17, 15) is 13.2 Å². The first-order valence-electron chi connectivity index (χ1n) is 4.78. The van der Waals surface area contributed by atoms with E-state index < -0.39 is 21.1 Å². The van der Waals surface area contributed by atoms with Crippen molar-refractivity contribution >= 4 is 27.4 Å². The van der Waals surface area contributed by atoms with Crippen LogP contribution in [0, 0.1) is 0 Å². The molecule has 0 aliphatic carbocycles. The molecule has 1 heterocycles. The fraction of sp³-hybridized carbons (Fsp3) is 0.400. The number of carbonyl (C=O) groups is 1. The number of halogens is 1. The van der Waals surface area contributed by atoms with Crippen LogP contribution in [0.5, 0.6) is 0 Å². The van der Waals surface area contributed by atoms with Crippen LogP contribution >= 0.6 is 11.6 Å². The summed E-state index contributed by atoms with van der Waals surface area (Å²) in [6, 6.07) is 2.82. The van der Waals surface area contributed by atoms with Gasteiger partial charge in [-0.3, -0.25) is 0 Å². The van der Waals surface area contributed by atoms with Gasteiger partial charge in [-0.1, -0.05) is 0 Å². The molecule has 94 valence electrons. The largest absolute Gasteiger partial charge is 0.465 e. The summed E-state index contributed by atoms with van der Waals surface area (Å²) in [4.78, 5) is 15.2. The van der Waals surface area contributed by atoms with Gasteiger partial charge in [0.1, 0.15) is 0 Å². The Morgan fingerprint density at radius 2 is 2.24 bits per heavy atom. The molecule has 0 saturated carbocycles. The maximum Gasteiger partial charge on any atom is 0.340 e. The molecule has 0 aliphatic rings. The highest BCUT2D eigenvalue weighted by Gasteiger charge is 2.29. The zero-order valence-electron chi connectivity index (χ0n) is 9.38. The molecular formula is C10H12ClNO4S. The molecule has 0 aromatic carbocycles. The van der Waals surface area contributed by atoms with Crippen LogP contribution in [0.25, 0.3) is 0 Å². The molecule has 17 heavy (non-hydrogen) atoms. The van der Waals surface area contributed by atoms with Crippen LogP contribution in [0.2, 0.25) is 0 Å². The van der Waals surface area contributed by atoms with Crippen molar-refractivity contribution in [3.05, 3.63) is 23.9 Å². The number of sulfone groups is 1. The van der Waals surface area contributed by atoms with Gasteiger partial charge < -0.3 is 4.74 Å². The Labute approximate surface area is 105 Å². The van der Waals surface area contributed by atoms with Gasteiger partial charge in [0.15, 0.2) is 14.9 Å². The molecule has 0 bridgehead atoms. The predicted molar refractivity (Wildman–Crippen MR) is 62.9 cm³/mol. The maximum absolute atomic E-state index is 12.0. The van der Waals surface area contributed by atoms with E-state index in [4.69, 9.17) is 11.6 Å². The highest BCUT2D eigenvalue weighted by molar-refractivity contribution is 7.92. The second-order valence-electron chi connectivity index (χ2n) is 3.36.